The molecule has 2 aromatic rings. The van der Waals surface area contributed by atoms with Gasteiger partial charge in [-0.3, -0.25) is 0 Å². The highest BCUT2D eigenvalue weighted by molar-refractivity contribution is 5.98. The molecule has 1 heterocycles. The molecular weight excluding hydrogens is 298 g/mol. The Morgan fingerprint density at radius 3 is 2.57 bits per heavy atom. The molecule has 0 amide bonds. The van der Waals surface area contributed by atoms with Crippen LogP contribution in [0, 0.1) is 0 Å². The van der Waals surface area contributed by atoms with Crippen LogP contribution >= 0.6 is 0 Å². The van der Waals surface area contributed by atoms with Crippen molar-refractivity contribution in [1.29, 1.82) is 0 Å². The zero-order valence-electron chi connectivity index (χ0n) is 13.1. The largest absolute Gasteiger partial charge is 0.507 e. The lowest BCUT2D eigenvalue weighted by molar-refractivity contribution is 0.0597. The summed E-state index contributed by atoms with van der Waals surface area (Å²) in [6.45, 7) is 0. The highest BCUT2D eigenvalue weighted by atomic mass is 16.5. The molecule has 0 atom stereocenters. The SMILES string of the molecule is COC(=O)c1c(O)cc(OC)cc1/C=C/c1ccnc(OC)c1. The molecule has 0 bridgehead atoms. The number of carbonyl (C=O) groups excluding carboxylic acids is 1. The van der Waals surface area contributed by atoms with Crippen LogP contribution in [-0.2, 0) is 4.74 Å². The van der Waals surface area contributed by atoms with E-state index >= 15 is 0 Å². The van der Waals surface area contributed by atoms with Crippen LogP contribution in [0.1, 0.15) is 21.5 Å². The zero-order chi connectivity index (χ0) is 16.8. The molecule has 120 valence electrons. The second kappa shape index (κ2) is 7.31. The Morgan fingerprint density at radius 2 is 1.91 bits per heavy atom. The number of carbonyl (C=O) groups is 1. The molecule has 6 heteroatoms. The van der Waals surface area contributed by atoms with Crippen LogP contribution in [-0.4, -0.2) is 37.4 Å². The van der Waals surface area contributed by atoms with Crippen molar-refractivity contribution in [2.24, 2.45) is 0 Å². The highest BCUT2D eigenvalue weighted by Gasteiger charge is 2.17. The van der Waals surface area contributed by atoms with Gasteiger partial charge in [-0.2, -0.15) is 0 Å². The van der Waals surface area contributed by atoms with Gasteiger partial charge in [-0.05, 0) is 23.3 Å². The third-order valence-electron chi connectivity index (χ3n) is 3.17. The number of ether oxygens (including phenoxy) is 3. The second-order valence-corrected chi connectivity index (χ2v) is 4.57. The Bertz CT molecular complexity index is 740. The van der Waals surface area contributed by atoms with E-state index in [0.717, 1.165) is 5.56 Å². The van der Waals surface area contributed by atoms with Gasteiger partial charge in [0, 0.05) is 18.3 Å². The topological polar surface area (TPSA) is 77.9 Å². The van der Waals surface area contributed by atoms with E-state index < -0.39 is 5.97 Å². The number of aromatic nitrogens is 1. The number of phenols is 1. The molecule has 0 fully saturated rings. The summed E-state index contributed by atoms with van der Waals surface area (Å²) in [7, 11) is 4.27. The fourth-order valence-electron chi connectivity index (χ4n) is 2.02. The number of rotatable bonds is 5. The molecule has 1 aromatic heterocycles. The number of esters is 1. The number of nitrogens with zero attached hydrogens (tertiary/aromatic N) is 1. The number of pyridine rings is 1. The van der Waals surface area contributed by atoms with Crippen molar-refractivity contribution in [3.63, 3.8) is 0 Å². The number of phenolic OH excluding ortho intramolecular Hbond substituents is 1. The lowest BCUT2D eigenvalue weighted by atomic mass is 10.0. The summed E-state index contributed by atoms with van der Waals surface area (Å²) in [5, 5.41) is 10.0. The van der Waals surface area contributed by atoms with Gasteiger partial charge in [0.25, 0.3) is 0 Å². The van der Waals surface area contributed by atoms with Gasteiger partial charge >= 0.3 is 5.97 Å². The predicted octanol–water partition coefficient (Wildman–Crippen LogP) is 2.76. The molecule has 0 radical (unpaired) electrons. The quantitative estimate of drug-likeness (QED) is 0.855. The zero-order valence-corrected chi connectivity index (χ0v) is 13.1. The molecular formula is C17H17NO5. The molecule has 1 N–H and O–H groups in total. The van der Waals surface area contributed by atoms with Gasteiger partial charge in [-0.1, -0.05) is 12.2 Å². The predicted molar refractivity (Wildman–Crippen MR) is 85.7 cm³/mol. The number of hydrogen-bond acceptors (Lipinski definition) is 6. The Hall–Kier alpha value is -3.02. The second-order valence-electron chi connectivity index (χ2n) is 4.57. The first kappa shape index (κ1) is 16.4. The minimum atomic E-state index is -0.628. The van der Waals surface area contributed by atoms with Crippen molar-refractivity contribution in [1.82, 2.24) is 4.98 Å². The first-order chi connectivity index (χ1) is 11.1. The van der Waals surface area contributed by atoms with E-state index in [4.69, 9.17) is 14.2 Å². The van der Waals surface area contributed by atoms with Crippen molar-refractivity contribution >= 4 is 18.1 Å². The van der Waals surface area contributed by atoms with Crippen LogP contribution in [0.5, 0.6) is 17.4 Å². The molecule has 1 aromatic carbocycles. The number of hydrogen-bond donors (Lipinski definition) is 1. The van der Waals surface area contributed by atoms with Crippen molar-refractivity contribution in [3.05, 3.63) is 47.2 Å². The van der Waals surface area contributed by atoms with Crippen LogP contribution in [0.15, 0.2) is 30.5 Å². The number of aromatic hydroxyl groups is 1. The average Bonchev–Trinajstić information content (AvgIpc) is 2.58. The van der Waals surface area contributed by atoms with E-state index in [0.29, 0.717) is 17.2 Å². The van der Waals surface area contributed by atoms with E-state index in [1.807, 2.05) is 0 Å². The minimum absolute atomic E-state index is 0.0746. The van der Waals surface area contributed by atoms with Gasteiger partial charge in [-0.25, -0.2) is 9.78 Å². The fraction of sp³-hybridized carbons (Fsp3) is 0.176. The van der Waals surface area contributed by atoms with Crippen molar-refractivity contribution < 1.29 is 24.1 Å². The van der Waals surface area contributed by atoms with Gasteiger partial charge in [0.1, 0.15) is 17.1 Å². The standard InChI is InChI=1S/C17H17NO5/c1-21-13-9-12(16(14(19)10-13)17(20)23-3)5-4-11-6-7-18-15(8-11)22-2/h4-10,19H,1-3H3/b5-4+. The smallest absolute Gasteiger partial charge is 0.342 e. The molecule has 0 aliphatic heterocycles. The van der Waals surface area contributed by atoms with Gasteiger partial charge in [0.2, 0.25) is 5.88 Å². The molecule has 2 rings (SSSR count). The molecule has 0 spiro atoms. The molecule has 0 saturated carbocycles. The minimum Gasteiger partial charge on any atom is -0.507 e. The first-order valence-corrected chi connectivity index (χ1v) is 6.76. The van der Waals surface area contributed by atoms with E-state index in [2.05, 4.69) is 4.98 Å². The van der Waals surface area contributed by atoms with Gasteiger partial charge in [-0.15, -0.1) is 0 Å². The third kappa shape index (κ3) is 3.79. The van der Waals surface area contributed by atoms with Crippen molar-refractivity contribution in [2.75, 3.05) is 21.3 Å². The molecule has 0 saturated heterocycles. The summed E-state index contributed by atoms with van der Waals surface area (Å²) < 4.78 is 14.9. The summed E-state index contributed by atoms with van der Waals surface area (Å²) in [6, 6.07) is 6.53. The monoisotopic (exact) mass is 315 g/mol. The number of benzene rings is 1. The summed E-state index contributed by atoms with van der Waals surface area (Å²) in [4.78, 5) is 15.9. The maximum absolute atomic E-state index is 11.9. The average molecular weight is 315 g/mol. The maximum atomic E-state index is 11.9. The first-order valence-electron chi connectivity index (χ1n) is 6.76. The van der Waals surface area contributed by atoms with Crippen LogP contribution in [0.3, 0.4) is 0 Å². The van der Waals surface area contributed by atoms with Gasteiger partial charge in [0.15, 0.2) is 0 Å². The fourth-order valence-corrected chi connectivity index (χ4v) is 2.02. The van der Waals surface area contributed by atoms with Crippen LogP contribution in [0.2, 0.25) is 0 Å². The molecule has 0 aliphatic carbocycles. The normalized spacial score (nSPS) is 10.6. The third-order valence-corrected chi connectivity index (χ3v) is 3.17. The van der Waals surface area contributed by atoms with Crippen molar-refractivity contribution in [3.8, 4) is 17.4 Å². The highest BCUT2D eigenvalue weighted by Crippen LogP contribution is 2.30. The molecule has 6 nitrogen and oxygen atoms in total. The Balaban J connectivity index is 2.46. The van der Waals surface area contributed by atoms with Crippen LogP contribution in [0.4, 0.5) is 0 Å². The lowest BCUT2D eigenvalue weighted by Gasteiger charge is -2.09. The Kier molecular flexibility index (Phi) is 5.19. The van der Waals surface area contributed by atoms with E-state index in [9.17, 15) is 9.90 Å². The summed E-state index contributed by atoms with van der Waals surface area (Å²) >= 11 is 0. The van der Waals surface area contributed by atoms with Crippen molar-refractivity contribution in [2.45, 2.75) is 0 Å². The van der Waals surface area contributed by atoms with Gasteiger partial charge in [0.05, 0.1) is 21.3 Å². The Morgan fingerprint density at radius 1 is 1.13 bits per heavy atom. The summed E-state index contributed by atoms with van der Waals surface area (Å²) in [6.07, 6.45) is 5.07. The molecule has 23 heavy (non-hydrogen) atoms. The maximum Gasteiger partial charge on any atom is 0.342 e. The molecule has 0 aliphatic rings. The van der Waals surface area contributed by atoms with Crippen LogP contribution in [0.25, 0.3) is 12.2 Å². The van der Waals surface area contributed by atoms with Gasteiger partial charge < -0.3 is 19.3 Å². The van der Waals surface area contributed by atoms with Crippen LogP contribution < -0.4 is 9.47 Å². The Labute approximate surface area is 134 Å². The summed E-state index contributed by atoms with van der Waals surface area (Å²) in [5.74, 6) is 0.0798. The van der Waals surface area contributed by atoms with E-state index in [1.165, 1.54) is 27.4 Å². The van der Waals surface area contributed by atoms with E-state index in [1.54, 1.807) is 36.5 Å². The summed E-state index contributed by atoms with van der Waals surface area (Å²) in [5.41, 5.74) is 1.38. The lowest BCUT2D eigenvalue weighted by Crippen LogP contribution is -2.04. The number of methoxy groups -OCH3 is 3. The van der Waals surface area contributed by atoms with E-state index in [-0.39, 0.29) is 11.3 Å². The molecule has 0 unspecified atom stereocenters.